The number of fused-ring (bicyclic) bond motifs is 2. The number of nitrogens with zero attached hydrogens (tertiary/aromatic N) is 4. The Morgan fingerprint density at radius 1 is 1.21 bits per heavy atom. The summed E-state index contributed by atoms with van der Waals surface area (Å²) in [5, 5.41) is 0.702. The first kappa shape index (κ1) is 22.2. The summed E-state index contributed by atoms with van der Waals surface area (Å²) in [6.07, 6.45) is 0.864. The van der Waals surface area contributed by atoms with Crippen LogP contribution >= 0.6 is 22.7 Å². The summed E-state index contributed by atoms with van der Waals surface area (Å²) in [7, 11) is 0. The average molecular weight is 483 g/mol. The Bertz CT molecular complexity index is 1250. The monoisotopic (exact) mass is 482 g/mol. The number of morpholine rings is 1. The smallest absolute Gasteiger partial charge is 0.260 e. The van der Waals surface area contributed by atoms with Gasteiger partial charge in [0.2, 0.25) is 0 Å². The predicted molar refractivity (Wildman–Crippen MR) is 134 cm³/mol. The lowest BCUT2D eigenvalue weighted by Gasteiger charge is -2.27. The topological polar surface area (TPSA) is 67.8 Å². The average Bonchev–Trinajstić information content (AvgIpc) is 3.49. The summed E-state index contributed by atoms with van der Waals surface area (Å²) in [5.74, 6) is 0.716. The maximum absolute atomic E-state index is 13.7. The van der Waals surface area contributed by atoms with E-state index < -0.39 is 0 Å². The van der Waals surface area contributed by atoms with E-state index in [-0.39, 0.29) is 5.91 Å². The highest BCUT2D eigenvalue weighted by Gasteiger charge is 2.23. The van der Waals surface area contributed by atoms with E-state index in [4.69, 9.17) is 14.5 Å². The first-order chi connectivity index (χ1) is 16.2. The van der Waals surface area contributed by atoms with Gasteiger partial charge in [0.15, 0.2) is 5.13 Å². The van der Waals surface area contributed by atoms with Gasteiger partial charge in [-0.05, 0) is 43.7 Å². The highest BCUT2D eigenvalue weighted by atomic mass is 32.1. The first-order valence-corrected chi connectivity index (χ1v) is 12.9. The van der Waals surface area contributed by atoms with E-state index in [1.54, 1.807) is 11.3 Å². The fourth-order valence-electron chi connectivity index (χ4n) is 4.00. The van der Waals surface area contributed by atoms with Gasteiger partial charge in [-0.25, -0.2) is 9.97 Å². The minimum Gasteiger partial charge on any atom is -0.492 e. The Hall–Kier alpha value is -2.59. The molecule has 1 aliphatic heterocycles. The minimum absolute atomic E-state index is 0.0377. The molecule has 5 rings (SSSR count). The van der Waals surface area contributed by atoms with E-state index in [0.717, 1.165) is 65.5 Å². The molecule has 0 atom stereocenters. The third kappa shape index (κ3) is 4.86. The van der Waals surface area contributed by atoms with E-state index in [2.05, 4.69) is 9.88 Å². The van der Waals surface area contributed by atoms with Crippen molar-refractivity contribution < 1.29 is 14.3 Å². The molecule has 2 aromatic carbocycles. The zero-order chi connectivity index (χ0) is 22.6. The molecule has 0 N–H and O–H groups in total. The van der Waals surface area contributed by atoms with Crippen molar-refractivity contribution in [1.82, 2.24) is 14.9 Å². The van der Waals surface area contributed by atoms with Crippen molar-refractivity contribution in [3.05, 3.63) is 47.5 Å². The molecule has 1 fully saturated rings. The number of thiazole rings is 2. The van der Waals surface area contributed by atoms with Gasteiger partial charge in [-0.15, -0.1) is 11.3 Å². The lowest BCUT2D eigenvalue weighted by molar-refractivity contribution is 0.0376. The van der Waals surface area contributed by atoms with Crippen molar-refractivity contribution in [3.8, 4) is 5.75 Å². The van der Waals surface area contributed by atoms with Crippen LogP contribution in [0, 0.1) is 0 Å². The van der Waals surface area contributed by atoms with Gasteiger partial charge < -0.3 is 9.47 Å². The molecule has 33 heavy (non-hydrogen) atoms. The van der Waals surface area contributed by atoms with Crippen molar-refractivity contribution in [3.63, 3.8) is 0 Å². The molecular weight excluding hydrogens is 456 g/mol. The van der Waals surface area contributed by atoms with E-state index in [9.17, 15) is 4.79 Å². The van der Waals surface area contributed by atoms with Gasteiger partial charge in [-0.1, -0.05) is 17.4 Å². The SMILES string of the molecule is CCOc1cccc2sc(N(CCCN3CCOCC3)C(=O)c3ccc4ncsc4c3)nc12. The maximum Gasteiger partial charge on any atom is 0.260 e. The number of benzene rings is 2. The lowest BCUT2D eigenvalue weighted by atomic mass is 10.2. The van der Waals surface area contributed by atoms with E-state index in [1.165, 1.54) is 11.3 Å². The van der Waals surface area contributed by atoms with Crippen LogP contribution < -0.4 is 9.64 Å². The Balaban J connectivity index is 1.44. The van der Waals surface area contributed by atoms with Gasteiger partial charge in [0, 0.05) is 31.7 Å². The molecule has 1 aliphatic rings. The molecule has 7 nitrogen and oxygen atoms in total. The molecule has 3 heterocycles. The highest BCUT2D eigenvalue weighted by molar-refractivity contribution is 7.22. The molecule has 0 bridgehead atoms. The number of ether oxygens (including phenoxy) is 2. The Morgan fingerprint density at radius 3 is 2.94 bits per heavy atom. The Labute approximate surface area is 200 Å². The van der Waals surface area contributed by atoms with Crippen molar-refractivity contribution >= 4 is 54.1 Å². The third-order valence-corrected chi connectivity index (χ3v) is 7.52. The molecule has 1 amide bonds. The maximum atomic E-state index is 13.7. The second-order valence-electron chi connectivity index (χ2n) is 7.83. The fraction of sp³-hybridized carbons (Fsp3) is 0.375. The van der Waals surface area contributed by atoms with Crippen LogP contribution in [-0.2, 0) is 4.74 Å². The van der Waals surface area contributed by atoms with Gasteiger partial charge in [-0.3, -0.25) is 14.6 Å². The second-order valence-corrected chi connectivity index (χ2v) is 9.73. The van der Waals surface area contributed by atoms with Gasteiger partial charge >= 0.3 is 0 Å². The van der Waals surface area contributed by atoms with Crippen LogP contribution in [0.25, 0.3) is 20.4 Å². The summed E-state index contributed by atoms with van der Waals surface area (Å²) in [6, 6.07) is 11.6. The molecule has 9 heteroatoms. The lowest BCUT2D eigenvalue weighted by Crippen LogP contribution is -2.39. The second kappa shape index (κ2) is 10.1. The van der Waals surface area contributed by atoms with Crippen LogP contribution in [-0.4, -0.2) is 66.8 Å². The van der Waals surface area contributed by atoms with Crippen LogP contribution in [0.1, 0.15) is 23.7 Å². The summed E-state index contributed by atoms with van der Waals surface area (Å²) < 4.78 is 13.3. The summed E-state index contributed by atoms with van der Waals surface area (Å²) in [5.41, 5.74) is 4.18. The van der Waals surface area contributed by atoms with E-state index >= 15 is 0 Å². The number of rotatable bonds is 8. The zero-order valence-electron chi connectivity index (χ0n) is 18.5. The van der Waals surface area contributed by atoms with Gasteiger partial charge in [-0.2, -0.15) is 0 Å². The summed E-state index contributed by atoms with van der Waals surface area (Å²) in [4.78, 5) is 27.1. The quantitative estimate of drug-likeness (QED) is 0.363. The Kier molecular flexibility index (Phi) is 6.82. The van der Waals surface area contributed by atoms with Crippen molar-refractivity contribution in [2.75, 3.05) is 50.9 Å². The number of para-hydroxylation sites is 1. The number of hydrogen-bond acceptors (Lipinski definition) is 8. The molecule has 172 valence electrons. The number of amides is 1. The molecular formula is C24H26N4O3S2. The molecule has 0 spiro atoms. The van der Waals surface area contributed by atoms with E-state index in [1.807, 2.05) is 53.7 Å². The third-order valence-electron chi connectivity index (χ3n) is 5.68. The molecule has 1 saturated heterocycles. The molecule has 0 radical (unpaired) electrons. The standard InChI is InChI=1S/C24H26N4O3S2/c1-2-31-19-5-3-6-20-22(19)26-24(33-20)28(10-4-9-27-11-13-30-14-12-27)23(29)17-7-8-18-21(15-17)32-16-25-18/h3,5-8,15-16H,2,4,9-14H2,1H3. The van der Waals surface area contributed by atoms with Crippen LogP contribution in [0.2, 0.25) is 0 Å². The molecule has 4 aromatic rings. The van der Waals surface area contributed by atoms with Crippen LogP contribution in [0.3, 0.4) is 0 Å². The summed E-state index contributed by atoms with van der Waals surface area (Å²) in [6.45, 7) is 7.48. The van der Waals surface area contributed by atoms with Crippen LogP contribution in [0.15, 0.2) is 41.9 Å². The van der Waals surface area contributed by atoms with Crippen molar-refractivity contribution in [2.24, 2.45) is 0 Å². The van der Waals surface area contributed by atoms with Crippen LogP contribution in [0.5, 0.6) is 5.75 Å². The van der Waals surface area contributed by atoms with Crippen LogP contribution in [0.4, 0.5) is 5.13 Å². The molecule has 2 aromatic heterocycles. The van der Waals surface area contributed by atoms with Gasteiger partial charge in [0.05, 0.1) is 40.2 Å². The number of anilines is 1. The fourth-order valence-corrected chi connectivity index (χ4v) is 5.73. The molecule has 0 unspecified atom stereocenters. The van der Waals surface area contributed by atoms with Crippen molar-refractivity contribution in [2.45, 2.75) is 13.3 Å². The molecule has 0 aliphatic carbocycles. The van der Waals surface area contributed by atoms with Gasteiger partial charge in [0.25, 0.3) is 5.91 Å². The van der Waals surface area contributed by atoms with E-state index in [0.29, 0.717) is 23.8 Å². The number of carbonyl (C=O) groups excluding carboxylic acids is 1. The first-order valence-electron chi connectivity index (χ1n) is 11.2. The number of carbonyl (C=O) groups is 1. The van der Waals surface area contributed by atoms with Crippen molar-refractivity contribution in [1.29, 1.82) is 0 Å². The predicted octanol–water partition coefficient (Wildman–Crippen LogP) is 4.67. The largest absolute Gasteiger partial charge is 0.492 e. The number of aromatic nitrogens is 2. The number of hydrogen-bond donors (Lipinski definition) is 0. The zero-order valence-corrected chi connectivity index (χ0v) is 20.2. The van der Waals surface area contributed by atoms with Gasteiger partial charge in [0.1, 0.15) is 11.3 Å². The highest BCUT2D eigenvalue weighted by Crippen LogP contribution is 2.35. The normalized spacial score (nSPS) is 14.7. The summed E-state index contributed by atoms with van der Waals surface area (Å²) >= 11 is 3.07. The molecule has 0 saturated carbocycles. The Morgan fingerprint density at radius 2 is 2.09 bits per heavy atom. The minimum atomic E-state index is -0.0377.